The maximum absolute atomic E-state index is 9.81. The predicted molar refractivity (Wildman–Crippen MR) is 69.1 cm³/mol. The summed E-state index contributed by atoms with van der Waals surface area (Å²) in [5.74, 6) is 1.55. The molecule has 1 unspecified atom stereocenters. The van der Waals surface area contributed by atoms with Gasteiger partial charge in [0.1, 0.15) is 17.6 Å². The number of fused-ring (bicyclic) bond motifs is 2. The van der Waals surface area contributed by atoms with Crippen LogP contribution in [0.1, 0.15) is 11.7 Å². The van der Waals surface area contributed by atoms with Crippen molar-refractivity contribution < 1.29 is 14.9 Å². The highest BCUT2D eigenvalue weighted by Gasteiger charge is 2.22. The van der Waals surface area contributed by atoms with Gasteiger partial charge in [-0.25, -0.2) is 0 Å². The molecule has 3 rings (SSSR count). The predicted octanol–water partition coefficient (Wildman–Crippen LogP) is 2.97. The van der Waals surface area contributed by atoms with E-state index < -0.39 is 6.10 Å². The van der Waals surface area contributed by atoms with Crippen LogP contribution in [0.25, 0.3) is 0 Å². The van der Waals surface area contributed by atoms with Gasteiger partial charge in [0.2, 0.25) is 0 Å². The Balaban J connectivity index is 2.07. The molecule has 1 atom stereocenters. The van der Waals surface area contributed by atoms with Crippen molar-refractivity contribution in [2.45, 2.75) is 15.9 Å². The summed E-state index contributed by atoms with van der Waals surface area (Å²) in [5.41, 5.74) is 0.703. The lowest BCUT2D eigenvalue weighted by atomic mass is 10.1. The molecule has 0 aliphatic carbocycles. The second-order valence-electron chi connectivity index (χ2n) is 4.02. The van der Waals surface area contributed by atoms with E-state index >= 15 is 0 Å². The highest BCUT2D eigenvalue weighted by atomic mass is 32.2. The zero-order chi connectivity index (χ0) is 12.5. The number of aliphatic hydroxyl groups excluding tert-OH is 2. The normalized spacial score (nSPS) is 14.3. The smallest absolute Gasteiger partial charge is 0.141 e. The van der Waals surface area contributed by atoms with E-state index in [4.69, 9.17) is 9.84 Å². The zero-order valence-electron chi connectivity index (χ0n) is 9.54. The van der Waals surface area contributed by atoms with E-state index in [1.807, 2.05) is 42.5 Å². The van der Waals surface area contributed by atoms with Crippen LogP contribution in [0.5, 0.6) is 11.5 Å². The Hall–Kier alpha value is -1.49. The van der Waals surface area contributed by atoms with E-state index in [9.17, 15) is 5.11 Å². The Kier molecular flexibility index (Phi) is 2.99. The van der Waals surface area contributed by atoms with Gasteiger partial charge in [0.25, 0.3) is 0 Å². The van der Waals surface area contributed by atoms with Crippen molar-refractivity contribution in [3.05, 3.63) is 48.0 Å². The largest absolute Gasteiger partial charge is 0.455 e. The molecule has 0 bridgehead atoms. The van der Waals surface area contributed by atoms with Gasteiger partial charge in [-0.05, 0) is 18.2 Å². The van der Waals surface area contributed by atoms with Crippen LogP contribution in [0, 0.1) is 0 Å². The van der Waals surface area contributed by atoms with Crippen LogP contribution < -0.4 is 4.74 Å². The van der Waals surface area contributed by atoms with Crippen molar-refractivity contribution in [2.75, 3.05) is 6.61 Å². The van der Waals surface area contributed by atoms with Gasteiger partial charge in [0.15, 0.2) is 0 Å². The van der Waals surface area contributed by atoms with E-state index in [1.54, 1.807) is 11.8 Å². The molecule has 0 spiro atoms. The highest BCUT2D eigenvalue weighted by molar-refractivity contribution is 7.99. The fourth-order valence-corrected chi connectivity index (χ4v) is 3.04. The minimum Gasteiger partial charge on any atom is -0.455 e. The summed E-state index contributed by atoms with van der Waals surface area (Å²) in [7, 11) is 0. The number of aliphatic hydroxyl groups is 2. The molecule has 0 radical (unpaired) electrons. The summed E-state index contributed by atoms with van der Waals surface area (Å²) < 4.78 is 5.80. The van der Waals surface area contributed by atoms with Gasteiger partial charge in [-0.1, -0.05) is 36.0 Å². The van der Waals surface area contributed by atoms with Gasteiger partial charge >= 0.3 is 0 Å². The van der Waals surface area contributed by atoms with Gasteiger partial charge in [0, 0.05) is 5.56 Å². The molecule has 0 saturated heterocycles. The topological polar surface area (TPSA) is 49.7 Å². The van der Waals surface area contributed by atoms with Crippen molar-refractivity contribution in [3.8, 4) is 11.5 Å². The molecule has 4 heteroatoms. The molecule has 1 heterocycles. The lowest BCUT2D eigenvalue weighted by molar-refractivity contribution is 0.0933. The first-order valence-corrected chi connectivity index (χ1v) is 6.48. The van der Waals surface area contributed by atoms with Gasteiger partial charge in [-0.2, -0.15) is 0 Å². The molecule has 2 aromatic rings. The van der Waals surface area contributed by atoms with Crippen LogP contribution >= 0.6 is 11.8 Å². The lowest BCUT2D eigenvalue weighted by Crippen LogP contribution is -2.06. The maximum atomic E-state index is 9.81. The standard InChI is InChI=1S/C14H12O3S/c15-8-10(16)9-4-3-6-12-14(9)18-13-7-2-1-5-11(13)17-12/h1-7,10,15-16H,8H2. The molecule has 0 fully saturated rings. The first-order chi connectivity index (χ1) is 8.79. The summed E-state index contributed by atoms with van der Waals surface area (Å²) >= 11 is 1.56. The monoisotopic (exact) mass is 260 g/mol. The molecule has 2 aromatic carbocycles. The van der Waals surface area contributed by atoms with Crippen molar-refractivity contribution in [3.63, 3.8) is 0 Å². The lowest BCUT2D eigenvalue weighted by Gasteiger charge is -2.23. The van der Waals surface area contributed by atoms with E-state index in [-0.39, 0.29) is 6.61 Å². The number of benzene rings is 2. The van der Waals surface area contributed by atoms with Crippen LogP contribution in [0.4, 0.5) is 0 Å². The Morgan fingerprint density at radius 2 is 1.83 bits per heavy atom. The fourth-order valence-electron chi connectivity index (χ4n) is 1.93. The summed E-state index contributed by atoms with van der Waals surface area (Å²) in [6.07, 6.45) is -0.874. The molecule has 1 aliphatic rings. The minimum absolute atomic E-state index is 0.293. The summed E-state index contributed by atoms with van der Waals surface area (Å²) in [6.45, 7) is -0.293. The molecule has 92 valence electrons. The average Bonchev–Trinajstić information content (AvgIpc) is 2.43. The molecule has 0 amide bonds. The molecule has 2 N–H and O–H groups in total. The van der Waals surface area contributed by atoms with Crippen molar-refractivity contribution >= 4 is 11.8 Å². The quantitative estimate of drug-likeness (QED) is 0.743. The second-order valence-corrected chi connectivity index (χ2v) is 5.08. The van der Waals surface area contributed by atoms with Crippen LogP contribution in [-0.2, 0) is 0 Å². The Morgan fingerprint density at radius 3 is 2.67 bits per heavy atom. The van der Waals surface area contributed by atoms with Crippen LogP contribution in [-0.4, -0.2) is 16.8 Å². The third-order valence-corrected chi connectivity index (χ3v) is 4.02. The summed E-state index contributed by atoms with van der Waals surface area (Å²) in [5, 5.41) is 18.9. The molecule has 1 aliphatic heterocycles. The Labute approximate surface area is 109 Å². The van der Waals surface area contributed by atoms with E-state index in [1.165, 1.54) is 0 Å². The number of rotatable bonds is 2. The molecule has 0 saturated carbocycles. The third-order valence-electron chi connectivity index (χ3n) is 2.82. The van der Waals surface area contributed by atoms with Gasteiger partial charge in [0.05, 0.1) is 16.4 Å². The van der Waals surface area contributed by atoms with Crippen LogP contribution in [0.15, 0.2) is 52.3 Å². The molecule has 3 nitrogen and oxygen atoms in total. The van der Waals surface area contributed by atoms with Gasteiger partial charge in [-0.3, -0.25) is 0 Å². The Morgan fingerprint density at radius 1 is 1.06 bits per heavy atom. The average molecular weight is 260 g/mol. The number of ether oxygens (including phenoxy) is 1. The molecular weight excluding hydrogens is 248 g/mol. The SMILES string of the molecule is OCC(O)c1cccc2c1Sc1ccccc1O2. The van der Waals surface area contributed by atoms with Crippen molar-refractivity contribution in [1.29, 1.82) is 0 Å². The summed E-state index contributed by atoms with van der Waals surface area (Å²) in [6, 6.07) is 13.3. The minimum atomic E-state index is -0.874. The summed E-state index contributed by atoms with van der Waals surface area (Å²) in [4.78, 5) is 1.89. The number of para-hydroxylation sites is 1. The number of hydrogen-bond acceptors (Lipinski definition) is 4. The van der Waals surface area contributed by atoms with E-state index in [0.29, 0.717) is 5.56 Å². The molecular formula is C14H12O3S. The first kappa shape index (κ1) is 11.6. The van der Waals surface area contributed by atoms with E-state index in [0.717, 1.165) is 21.3 Å². The van der Waals surface area contributed by atoms with Crippen molar-refractivity contribution in [1.82, 2.24) is 0 Å². The number of hydrogen-bond donors (Lipinski definition) is 2. The first-order valence-electron chi connectivity index (χ1n) is 5.66. The Bertz CT molecular complexity index is 583. The highest BCUT2D eigenvalue weighted by Crippen LogP contribution is 2.49. The van der Waals surface area contributed by atoms with Gasteiger partial charge < -0.3 is 14.9 Å². The molecule has 18 heavy (non-hydrogen) atoms. The van der Waals surface area contributed by atoms with Crippen LogP contribution in [0.3, 0.4) is 0 Å². The van der Waals surface area contributed by atoms with Crippen molar-refractivity contribution in [2.24, 2.45) is 0 Å². The van der Waals surface area contributed by atoms with Crippen LogP contribution in [0.2, 0.25) is 0 Å². The zero-order valence-corrected chi connectivity index (χ0v) is 10.4. The van der Waals surface area contributed by atoms with E-state index in [2.05, 4.69) is 0 Å². The second kappa shape index (κ2) is 4.65. The maximum Gasteiger partial charge on any atom is 0.141 e. The molecule has 0 aromatic heterocycles. The fraction of sp³-hybridized carbons (Fsp3) is 0.143. The third kappa shape index (κ3) is 1.88. The van der Waals surface area contributed by atoms with Gasteiger partial charge in [-0.15, -0.1) is 0 Å².